The minimum Gasteiger partial charge on any atom is -0.361 e. The van der Waals surface area contributed by atoms with Crippen LogP contribution in [-0.4, -0.2) is 76.4 Å². The molecule has 10 aromatic heterocycles. The summed E-state index contributed by atoms with van der Waals surface area (Å²) in [7, 11) is 0. The number of hydrogen-bond donors (Lipinski definition) is 5. The molecule has 2 aliphatic carbocycles. The number of halogens is 3. The van der Waals surface area contributed by atoms with Crippen LogP contribution in [0.1, 0.15) is 88.1 Å². The summed E-state index contributed by atoms with van der Waals surface area (Å²) >= 11 is 19.1. The first-order chi connectivity index (χ1) is 45.7. The standard InChI is InChI=1S/C24H18ClN5O.C23H17ClN6O.C16H14ClN3.C8H6N2O2/c1-14(29-24-22-20(27-13-28-24)9-5-10-21(22)31)23-16(18-7-2-3-11-26-18)12-15-17(25)6-4-8-19(15)30-23;1-13(29-23-20-19(31)8-10-26-22(20)27-12-28-23)21-15(17-6-2-3-9-25-17)11-14-16(24)5-4-7-18(14)30-21;1-10(18)16-12(14-6-2-3-8-19-14)9-11-13(17)5-4-7-15(11)20-16;11-6-3-1-2-5-7(6)8(12)10-4-9-5/h2-8,10-14H,9H2,1H3,(H,27,28,29);2-13H,1H3,(H2,26,27,28,29,31);2-10H,18H2,1H3;1,3-4H,2H2,(H,9,10,12). The van der Waals surface area contributed by atoms with E-state index in [1.807, 2.05) is 154 Å². The number of aromatic amines is 2. The molecular formula is C71H55Cl3N16O4. The first-order valence-corrected chi connectivity index (χ1v) is 30.8. The van der Waals surface area contributed by atoms with Gasteiger partial charge in [-0.1, -0.05) is 83.4 Å². The first kappa shape index (κ1) is 63.0. The fourth-order valence-corrected chi connectivity index (χ4v) is 11.6. The van der Waals surface area contributed by atoms with E-state index in [4.69, 9.17) is 50.5 Å². The van der Waals surface area contributed by atoms with Crippen molar-refractivity contribution in [1.82, 2.24) is 64.8 Å². The van der Waals surface area contributed by atoms with E-state index in [0.29, 0.717) is 61.8 Å². The van der Waals surface area contributed by atoms with E-state index in [9.17, 15) is 19.2 Å². The molecule has 94 heavy (non-hydrogen) atoms. The van der Waals surface area contributed by atoms with Crippen molar-refractivity contribution in [3.63, 3.8) is 0 Å². The van der Waals surface area contributed by atoms with Crippen molar-refractivity contribution in [3.05, 3.63) is 277 Å². The second-order valence-corrected chi connectivity index (χ2v) is 22.9. The van der Waals surface area contributed by atoms with Gasteiger partial charge in [0.15, 0.2) is 17.0 Å². The molecule has 3 unspecified atom stereocenters. The normalized spacial score (nSPS) is 13.1. The monoisotopic (exact) mass is 1300 g/mol. The Morgan fingerprint density at radius 3 is 1.43 bits per heavy atom. The SMILES string of the molecule is CC(N)c1nc2cccc(Cl)c2cc1-c1ccccn1.CC(Nc1ncnc2[nH]ccc(=O)c12)c1nc2cccc(Cl)c2cc1-c1ccccn1.CC(Nc1ncnc2c1C(=O)C=CC2)c1nc2cccc(Cl)c2cc1-c1ccccn1.O=C1C=CCc2nc[nH]c(=O)c21. The van der Waals surface area contributed by atoms with Gasteiger partial charge in [0.25, 0.3) is 5.56 Å². The molecule has 3 atom stereocenters. The molecule has 0 amide bonds. The van der Waals surface area contributed by atoms with Gasteiger partial charge in [0.1, 0.15) is 40.9 Å². The molecule has 0 fully saturated rings. The van der Waals surface area contributed by atoms with Crippen molar-refractivity contribution < 1.29 is 9.59 Å². The average Bonchev–Trinajstić information content (AvgIpc) is 1.66. The molecule has 20 nitrogen and oxygen atoms in total. The van der Waals surface area contributed by atoms with Crippen LogP contribution in [0.3, 0.4) is 0 Å². The van der Waals surface area contributed by atoms with Gasteiger partial charge in [0.2, 0.25) is 0 Å². The lowest BCUT2D eigenvalue weighted by Crippen LogP contribution is -2.22. The number of nitrogens with zero attached hydrogens (tertiary/aromatic N) is 11. The summed E-state index contributed by atoms with van der Waals surface area (Å²) in [5, 5.41) is 11.7. The van der Waals surface area contributed by atoms with E-state index in [0.717, 1.165) is 89.3 Å². The highest BCUT2D eigenvalue weighted by Crippen LogP contribution is 2.37. The number of nitrogens with one attached hydrogen (secondary N) is 4. The van der Waals surface area contributed by atoms with Crippen LogP contribution in [-0.2, 0) is 12.8 Å². The number of benzene rings is 3. The average molecular weight is 1300 g/mol. The highest BCUT2D eigenvalue weighted by molar-refractivity contribution is 6.36. The highest BCUT2D eigenvalue weighted by atomic mass is 35.5. The molecule has 0 aliphatic heterocycles. The summed E-state index contributed by atoms with van der Waals surface area (Å²) in [6.45, 7) is 5.88. The zero-order valence-corrected chi connectivity index (χ0v) is 52.7. The van der Waals surface area contributed by atoms with E-state index in [-0.39, 0.29) is 46.2 Å². The van der Waals surface area contributed by atoms with Crippen LogP contribution < -0.4 is 27.4 Å². The third-order valence-corrected chi connectivity index (χ3v) is 16.3. The van der Waals surface area contributed by atoms with Gasteiger partial charge in [-0.05, 0) is 124 Å². The number of fused-ring (bicyclic) bond motifs is 6. The lowest BCUT2D eigenvalue weighted by molar-refractivity contribution is 0.103. The Bertz CT molecular complexity index is 5210. The number of carbonyl (C=O) groups is 2. The van der Waals surface area contributed by atoms with Gasteiger partial charge in [-0.3, -0.25) is 39.1 Å². The number of rotatable bonds is 10. The Kier molecular flexibility index (Phi) is 18.9. The maximum absolute atomic E-state index is 12.5. The highest BCUT2D eigenvalue weighted by Gasteiger charge is 2.25. The van der Waals surface area contributed by atoms with Crippen LogP contribution in [0.25, 0.3) is 77.5 Å². The molecule has 6 N–H and O–H groups in total. The van der Waals surface area contributed by atoms with E-state index in [2.05, 4.69) is 65.5 Å². The van der Waals surface area contributed by atoms with Crippen LogP contribution in [0, 0.1) is 0 Å². The molecule has 3 aromatic carbocycles. The minimum atomic E-state index is -0.352. The topological polar surface area (TPSA) is 292 Å². The Balaban J connectivity index is 0.000000127. The number of hydrogen-bond acceptors (Lipinski definition) is 18. The van der Waals surface area contributed by atoms with Gasteiger partial charge in [-0.25, -0.2) is 34.9 Å². The van der Waals surface area contributed by atoms with Crippen LogP contribution >= 0.6 is 34.8 Å². The summed E-state index contributed by atoms with van der Waals surface area (Å²) in [6, 6.07) is 41.0. The van der Waals surface area contributed by atoms with E-state index < -0.39 is 0 Å². The van der Waals surface area contributed by atoms with E-state index >= 15 is 0 Å². The van der Waals surface area contributed by atoms with Crippen molar-refractivity contribution in [2.24, 2.45) is 5.73 Å². The number of nitrogens with two attached hydrogens (primary N) is 1. The van der Waals surface area contributed by atoms with Gasteiger partial charge >= 0.3 is 0 Å². The predicted octanol–water partition coefficient (Wildman–Crippen LogP) is 14.0. The van der Waals surface area contributed by atoms with Gasteiger partial charge in [-0.15, -0.1) is 0 Å². The molecule has 10 heterocycles. The van der Waals surface area contributed by atoms with Gasteiger partial charge in [-0.2, -0.15) is 0 Å². The maximum atomic E-state index is 12.5. The Hall–Kier alpha value is -11.2. The molecule has 23 heteroatoms. The molecule has 0 saturated heterocycles. The molecule has 0 radical (unpaired) electrons. The lowest BCUT2D eigenvalue weighted by atomic mass is 9.99. The van der Waals surface area contributed by atoms with Crippen molar-refractivity contribution in [2.45, 2.75) is 51.7 Å². The zero-order chi connectivity index (χ0) is 65.4. The fraction of sp³-hybridized carbons (Fsp3) is 0.113. The number of aromatic nitrogens is 13. The van der Waals surface area contributed by atoms with Crippen molar-refractivity contribution in [3.8, 4) is 33.8 Å². The number of H-pyrrole nitrogens is 2. The summed E-state index contributed by atoms with van der Waals surface area (Å²) in [5.41, 5.74) is 17.9. The summed E-state index contributed by atoms with van der Waals surface area (Å²) in [6.07, 6.45) is 18.7. The molecular weight excluding hydrogens is 1250 g/mol. The molecule has 2 aliphatic rings. The van der Waals surface area contributed by atoms with Crippen LogP contribution in [0.2, 0.25) is 15.1 Å². The second kappa shape index (κ2) is 28.1. The predicted molar refractivity (Wildman–Crippen MR) is 368 cm³/mol. The van der Waals surface area contributed by atoms with Gasteiger partial charge < -0.3 is 26.3 Å². The third-order valence-electron chi connectivity index (χ3n) is 15.3. The summed E-state index contributed by atoms with van der Waals surface area (Å²) in [4.78, 5) is 101. The number of pyridine rings is 7. The van der Waals surface area contributed by atoms with E-state index in [1.54, 1.807) is 36.9 Å². The molecule has 0 bridgehead atoms. The van der Waals surface area contributed by atoms with Crippen LogP contribution in [0.15, 0.2) is 211 Å². The largest absolute Gasteiger partial charge is 0.361 e. The number of ketones is 2. The molecule has 13 aromatic rings. The summed E-state index contributed by atoms with van der Waals surface area (Å²) in [5.74, 6) is 0.594. The second-order valence-electron chi connectivity index (χ2n) is 21.7. The molecule has 464 valence electrons. The fourth-order valence-electron chi connectivity index (χ4n) is 10.9. The number of allylic oxidation sites excluding steroid dienone is 4. The Morgan fingerprint density at radius 2 is 0.936 bits per heavy atom. The van der Waals surface area contributed by atoms with Crippen molar-refractivity contribution in [1.29, 1.82) is 0 Å². The smallest absolute Gasteiger partial charge is 0.262 e. The minimum absolute atomic E-state index is 0.0975. The van der Waals surface area contributed by atoms with Gasteiger partial charge in [0.05, 0.1) is 86.1 Å². The molecule has 15 rings (SSSR count). The number of anilines is 2. The Labute approximate surface area is 551 Å². The molecule has 0 saturated carbocycles. The van der Waals surface area contributed by atoms with Crippen LogP contribution in [0.5, 0.6) is 0 Å². The molecule has 0 spiro atoms. The Morgan fingerprint density at radius 1 is 0.479 bits per heavy atom. The zero-order valence-electron chi connectivity index (χ0n) is 50.5. The van der Waals surface area contributed by atoms with Crippen molar-refractivity contribution in [2.75, 3.05) is 10.6 Å². The quantitative estimate of drug-likeness (QED) is 0.0850. The number of carbonyl (C=O) groups excluding carboxylic acids is 2. The maximum Gasteiger partial charge on any atom is 0.262 e. The van der Waals surface area contributed by atoms with Crippen LogP contribution in [0.4, 0.5) is 11.6 Å². The first-order valence-electron chi connectivity index (χ1n) is 29.6. The van der Waals surface area contributed by atoms with Gasteiger partial charge in [0, 0.05) is 97.7 Å². The summed E-state index contributed by atoms with van der Waals surface area (Å²) < 4.78 is 0. The van der Waals surface area contributed by atoms with E-state index in [1.165, 1.54) is 31.1 Å². The van der Waals surface area contributed by atoms with Crippen molar-refractivity contribution >= 4 is 102 Å². The lowest BCUT2D eigenvalue weighted by Gasteiger charge is -2.21. The third kappa shape index (κ3) is 13.6.